The number of methoxy groups -OCH3 is 3. The lowest BCUT2D eigenvalue weighted by atomic mass is 10.2. The molecule has 0 fully saturated rings. The molecule has 31 heavy (non-hydrogen) atoms. The summed E-state index contributed by atoms with van der Waals surface area (Å²) in [6.07, 6.45) is 3.75. The summed E-state index contributed by atoms with van der Waals surface area (Å²) in [6, 6.07) is 20.6. The van der Waals surface area contributed by atoms with Gasteiger partial charge in [0.25, 0.3) is 5.56 Å². The predicted octanol–water partition coefficient (Wildman–Crippen LogP) is 4.58. The van der Waals surface area contributed by atoms with Crippen LogP contribution in [0.3, 0.4) is 0 Å². The van der Waals surface area contributed by atoms with Gasteiger partial charge in [0.1, 0.15) is 5.82 Å². The monoisotopic (exact) mass is 414 g/mol. The van der Waals surface area contributed by atoms with Gasteiger partial charge in [-0.1, -0.05) is 48.5 Å². The first-order valence-electron chi connectivity index (χ1n) is 9.71. The summed E-state index contributed by atoms with van der Waals surface area (Å²) in [6.45, 7) is 0. The van der Waals surface area contributed by atoms with Gasteiger partial charge in [-0.2, -0.15) is 0 Å². The SMILES string of the molecule is COc1cc(-n2c(/C=C/c3ccccc3)nc3ccccc3c2=O)cc(OC)c1OC. The number of rotatable bonds is 6. The van der Waals surface area contributed by atoms with Gasteiger partial charge in [-0.3, -0.25) is 9.36 Å². The van der Waals surface area contributed by atoms with Gasteiger partial charge in [-0.25, -0.2) is 4.98 Å². The lowest BCUT2D eigenvalue weighted by Gasteiger charge is -2.17. The highest BCUT2D eigenvalue weighted by molar-refractivity contribution is 5.80. The first kappa shape index (κ1) is 20.2. The number of fused-ring (bicyclic) bond motifs is 1. The van der Waals surface area contributed by atoms with Crippen LogP contribution in [-0.2, 0) is 0 Å². The van der Waals surface area contributed by atoms with Crippen molar-refractivity contribution < 1.29 is 14.2 Å². The molecule has 0 aliphatic carbocycles. The fourth-order valence-corrected chi connectivity index (χ4v) is 3.44. The van der Waals surface area contributed by atoms with Crippen molar-refractivity contribution in [1.82, 2.24) is 9.55 Å². The van der Waals surface area contributed by atoms with Crippen molar-refractivity contribution in [2.75, 3.05) is 21.3 Å². The van der Waals surface area contributed by atoms with Crippen LogP contribution in [-0.4, -0.2) is 30.9 Å². The molecule has 1 heterocycles. The van der Waals surface area contributed by atoms with Crippen molar-refractivity contribution in [2.45, 2.75) is 0 Å². The fourth-order valence-electron chi connectivity index (χ4n) is 3.44. The Balaban J connectivity index is 1.99. The van der Waals surface area contributed by atoms with Gasteiger partial charge in [0.05, 0.1) is 37.9 Å². The second-order valence-corrected chi connectivity index (χ2v) is 6.76. The summed E-state index contributed by atoms with van der Waals surface area (Å²) in [5.41, 5.74) is 2.00. The van der Waals surface area contributed by atoms with E-state index in [1.807, 2.05) is 60.7 Å². The summed E-state index contributed by atoms with van der Waals surface area (Å²) in [4.78, 5) is 18.2. The Labute approximate surface area is 180 Å². The molecule has 0 aliphatic heterocycles. The maximum atomic E-state index is 13.5. The van der Waals surface area contributed by atoms with Crippen molar-refractivity contribution in [3.63, 3.8) is 0 Å². The highest BCUT2D eigenvalue weighted by atomic mass is 16.5. The van der Waals surface area contributed by atoms with E-state index in [4.69, 9.17) is 19.2 Å². The average molecular weight is 414 g/mol. The Hall–Kier alpha value is -4.06. The maximum absolute atomic E-state index is 13.5. The molecule has 0 amide bonds. The molecule has 0 unspecified atom stereocenters. The molecule has 0 atom stereocenters. The summed E-state index contributed by atoms with van der Waals surface area (Å²) in [5, 5.41) is 0.521. The number of aromatic nitrogens is 2. The van der Waals surface area contributed by atoms with E-state index in [1.165, 1.54) is 7.11 Å². The van der Waals surface area contributed by atoms with E-state index in [0.717, 1.165) is 5.56 Å². The molecule has 3 aromatic carbocycles. The number of para-hydroxylation sites is 1. The molecule has 156 valence electrons. The van der Waals surface area contributed by atoms with E-state index in [0.29, 0.717) is 39.7 Å². The summed E-state index contributed by atoms with van der Waals surface area (Å²) >= 11 is 0. The average Bonchev–Trinajstić information content (AvgIpc) is 2.82. The molecule has 4 aromatic rings. The molecule has 0 radical (unpaired) electrons. The van der Waals surface area contributed by atoms with E-state index in [1.54, 1.807) is 37.0 Å². The topological polar surface area (TPSA) is 62.6 Å². The Morgan fingerprint density at radius 3 is 2.10 bits per heavy atom. The van der Waals surface area contributed by atoms with E-state index in [2.05, 4.69) is 0 Å². The van der Waals surface area contributed by atoms with Crippen molar-refractivity contribution in [2.24, 2.45) is 0 Å². The molecule has 4 rings (SSSR count). The lowest BCUT2D eigenvalue weighted by Crippen LogP contribution is -2.22. The van der Waals surface area contributed by atoms with Gasteiger partial charge in [-0.05, 0) is 23.8 Å². The molecule has 6 nitrogen and oxygen atoms in total. The lowest BCUT2D eigenvalue weighted by molar-refractivity contribution is 0.324. The standard InChI is InChI=1S/C25H22N2O4/c1-29-21-15-18(16-22(30-2)24(21)31-3)27-23(14-13-17-9-5-4-6-10-17)26-20-12-8-7-11-19(20)25(27)28/h4-16H,1-3H3/b14-13+. The van der Waals surface area contributed by atoms with Crippen LogP contribution in [0.2, 0.25) is 0 Å². The van der Waals surface area contributed by atoms with Crippen LogP contribution < -0.4 is 19.8 Å². The summed E-state index contributed by atoms with van der Waals surface area (Å²) in [7, 11) is 4.62. The summed E-state index contributed by atoms with van der Waals surface area (Å²) in [5.74, 6) is 1.85. The van der Waals surface area contributed by atoms with Crippen molar-refractivity contribution >= 4 is 23.1 Å². The van der Waals surface area contributed by atoms with Gasteiger partial charge < -0.3 is 14.2 Å². The van der Waals surface area contributed by atoms with E-state index < -0.39 is 0 Å². The van der Waals surface area contributed by atoms with Crippen LogP contribution in [0.25, 0.3) is 28.7 Å². The van der Waals surface area contributed by atoms with Gasteiger partial charge in [-0.15, -0.1) is 0 Å². The quantitative estimate of drug-likeness (QED) is 0.462. The van der Waals surface area contributed by atoms with Crippen LogP contribution in [0.1, 0.15) is 11.4 Å². The van der Waals surface area contributed by atoms with Crippen LogP contribution >= 0.6 is 0 Å². The maximum Gasteiger partial charge on any atom is 0.266 e. The second-order valence-electron chi connectivity index (χ2n) is 6.76. The zero-order valence-electron chi connectivity index (χ0n) is 17.5. The Morgan fingerprint density at radius 2 is 1.45 bits per heavy atom. The number of benzene rings is 3. The number of nitrogens with zero attached hydrogens (tertiary/aromatic N) is 2. The zero-order valence-corrected chi connectivity index (χ0v) is 17.5. The molecule has 0 spiro atoms. The number of hydrogen-bond acceptors (Lipinski definition) is 5. The number of hydrogen-bond donors (Lipinski definition) is 0. The highest BCUT2D eigenvalue weighted by Crippen LogP contribution is 2.39. The van der Waals surface area contributed by atoms with Gasteiger partial charge >= 0.3 is 0 Å². The minimum absolute atomic E-state index is 0.187. The van der Waals surface area contributed by atoms with Crippen LogP contribution in [0.4, 0.5) is 0 Å². The first-order chi connectivity index (χ1) is 15.2. The molecule has 0 N–H and O–H groups in total. The van der Waals surface area contributed by atoms with E-state index >= 15 is 0 Å². The smallest absolute Gasteiger partial charge is 0.266 e. The molecule has 0 bridgehead atoms. The third-order valence-electron chi connectivity index (χ3n) is 4.93. The summed E-state index contributed by atoms with van der Waals surface area (Å²) < 4.78 is 17.9. The van der Waals surface area contributed by atoms with Crippen molar-refractivity contribution in [1.29, 1.82) is 0 Å². The van der Waals surface area contributed by atoms with Crippen LogP contribution in [0.15, 0.2) is 71.5 Å². The Bertz CT molecular complexity index is 1290. The second kappa shape index (κ2) is 8.75. The zero-order chi connectivity index (χ0) is 21.8. The largest absolute Gasteiger partial charge is 0.493 e. The molecular formula is C25H22N2O4. The molecule has 6 heteroatoms. The molecular weight excluding hydrogens is 392 g/mol. The minimum Gasteiger partial charge on any atom is -0.493 e. The fraction of sp³-hybridized carbons (Fsp3) is 0.120. The Morgan fingerprint density at radius 1 is 0.806 bits per heavy atom. The van der Waals surface area contributed by atoms with Gasteiger partial charge in [0, 0.05) is 12.1 Å². The van der Waals surface area contributed by atoms with E-state index in [9.17, 15) is 4.79 Å². The minimum atomic E-state index is -0.187. The van der Waals surface area contributed by atoms with Gasteiger partial charge in [0.2, 0.25) is 5.75 Å². The van der Waals surface area contributed by atoms with Crippen LogP contribution in [0, 0.1) is 0 Å². The number of ether oxygens (including phenoxy) is 3. The molecule has 0 saturated heterocycles. The van der Waals surface area contributed by atoms with Crippen molar-refractivity contribution in [3.05, 3.63) is 88.5 Å². The highest BCUT2D eigenvalue weighted by Gasteiger charge is 2.17. The predicted molar refractivity (Wildman–Crippen MR) is 122 cm³/mol. The normalized spacial score (nSPS) is 11.1. The third-order valence-corrected chi connectivity index (χ3v) is 4.93. The van der Waals surface area contributed by atoms with Crippen molar-refractivity contribution in [3.8, 4) is 22.9 Å². The van der Waals surface area contributed by atoms with E-state index in [-0.39, 0.29) is 5.56 Å². The first-order valence-corrected chi connectivity index (χ1v) is 9.71. The molecule has 0 saturated carbocycles. The molecule has 1 aromatic heterocycles. The third kappa shape index (κ3) is 3.88. The van der Waals surface area contributed by atoms with Crippen LogP contribution in [0.5, 0.6) is 17.2 Å². The van der Waals surface area contributed by atoms with Gasteiger partial charge in [0.15, 0.2) is 11.5 Å². The molecule has 0 aliphatic rings. The Kier molecular flexibility index (Phi) is 5.71.